The number of hydrogen-bond donors (Lipinski definition) is 0. The van der Waals surface area contributed by atoms with Crippen LogP contribution in [0.5, 0.6) is 0 Å². The van der Waals surface area contributed by atoms with Crippen LogP contribution in [0.25, 0.3) is 137 Å². The number of anilines is 6. The third-order valence-corrected chi connectivity index (χ3v) is 28.5. The van der Waals surface area contributed by atoms with Gasteiger partial charge in [0.2, 0.25) is 0 Å². The Hall–Kier alpha value is -13.7. The normalized spacial score (nSPS) is 17.7. The first kappa shape index (κ1) is 72.7. The van der Waals surface area contributed by atoms with Gasteiger partial charge in [-0.05, 0) is 243 Å². The molecule has 0 fully saturated rings. The Labute approximate surface area is 711 Å². The minimum absolute atomic E-state index is 0.0944. The molecule has 0 aliphatic heterocycles. The molecule has 6 unspecified atom stereocenters. The molecule has 0 spiro atoms. The molecule has 2 nitrogen and oxygen atoms in total. The fourth-order valence-electron chi connectivity index (χ4n) is 19.9. The van der Waals surface area contributed by atoms with Crippen molar-refractivity contribution in [3.8, 4) is 66.8 Å². The topological polar surface area (TPSA) is 6.48 Å². The number of para-hydroxylation sites is 1. The lowest BCUT2D eigenvalue weighted by molar-refractivity contribution is 0.364. The molecule has 0 radical (unpaired) electrons. The number of nitrogens with zero attached hydrogens (tertiary/aromatic N) is 2. The molecular formula is C116H86N2S2. The second kappa shape index (κ2) is 31.0. The summed E-state index contributed by atoms with van der Waals surface area (Å²) < 4.78 is 3.97. The Morgan fingerprint density at radius 1 is 0.308 bits per heavy atom. The molecule has 6 atom stereocenters. The molecule has 0 amide bonds. The number of fused-ring (bicyclic) bond motifs is 10. The maximum absolute atomic E-state index is 2.61. The van der Waals surface area contributed by atoms with Gasteiger partial charge < -0.3 is 9.80 Å². The molecular weight excluding hydrogens is 1490 g/mol. The minimum atomic E-state index is 0.0944. The highest BCUT2D eigenvalue weighted by atomic mass is 32.1. The first-order chi connectivity index (χ1) is 59.3. The van der Waals surface area contributed by atoms with Crippen molar-refractivity contribution in [2.45, 2.75) is 32.6 Å². The Morgan fingerprint density at radius 3 is 1.48 bits per heavy atom. The second-order valence-corrected chi connectivity index (χ2v) is 34.9. The minimum Gasteiger partial charge on any atom is -0.310 e. The summed E-state index contributed by atoms with van der Waals surface area (Å²) in [5.41, 5.74) is 33.2. The van der Waals surface area contributed by atoms with Crippen LogP contribution in [-0.4, -0.2) is 0 Å². The highest BCUT2D eigenvalue weighted by Gasteiger charge is 2.37. The van der Waals surface area contributed by atoms with Gasteiger partial charge >= 0.3 is 0 Å². The maximum Gasteiger partial charge on any atom is 0.0468 e. The lowest BCUT2D eigenvalue weighted by atomic mass is 9.69. The summed E-state index contributed by atoms with van der Waals surface area (Å²) in [6.45, 7) is 4.85. The zero-order valence-electron chi connectivity index (χ0n) is 67.0. The fraction of sp³-hybridized carbons (Fsp3) is 0.0862. The van der Waals surface area contributed by atoms with Crippen LogP contribution in [0.2, 0.25) is 0 Å². The summed E-state index contributed by atoms with van der Waals surface area (Å²) in [4.78, 5) is 6.34. The molecule has 0 bridgehead atoms. The van der Waals surface area contributed by atoms with E-state index in [4.69, 9.17) is 0 Å². The molecule has 17 aromatic rings. The SMILES string of the molecule is CC1C=CC(c2cccc(N(c3ccc(C4=CC=CC5C(c6cc(-c7cccc8c7sc7c(-c9cccc(-c%10ccc(N(c%11ccccc%11)c%11ccc%12c%13c(ccc%12c%11)C=CCC%13)cc%10)c9)cccc78)ccc6-c6ccccc6)=CC=CC45)cc3)c3ccc(-c4ccccc4)cc3)c2)=CC1C1c2sc3c(-c4ccccc4)cccc3c2C=CC1C. The Kier molecular flexibility index (Phi) is 18.8. The molecule has 0 saturated heterocycles. The Morgan fingerprint density at radius 2 is 0.800 bits per heavy atom. The van der Waals surface area contributed by atoms with Gasteiger partial charge in [-0.3, -0.25) is 0 Å². The first-order valence-electron chi connectivity index (χ1n) is 42.4. The van der Waals surface area contributed by atoms with E-state index >= 15 is 0 Å². The van der Waals surface area contributed by atoms with Crippen LogP contribution < -0.4 is 9.80 Å². The third kappa shape index (κ3) is 13.2. The van der Waals surface area contributed by atoms with Crippen molar-refractivity contribution in [3.63, 3.8) is 0 Å². The summed E-state index contributed by atoms with van der Waals surface area (Å²) in [6.07, 6.45) is 33.3. The van der Waals surface area contributed by atoms with E-state index in [0.29, 0.717) is 23.7 Å². The number of aryl methyl sites for hydroxylation is 1. The zero-order chi connectivity index (χ0) is 79.7. The lowest BCUT2D eigenvalue weighted by Crippen LogP contribution is -2.25. The molecule has 22 rings (SSSR count). The van der Waals surface area contributed by atoms with E-state index in [1.54, 1.807) is 0 Å². The molecule has 0 saturated carbocycles. The van der Waals surface area contributed by atoms with E-state index < -0.39 is 0 Å². The molecule has 15 aromatic carbocycles. The number of hydrogen-bond acceptors (Lipinski definition) is 4. The molecule has 5 aliphatic carbocycles. The molecule has 5 aliphatic rings. The number of allylic oxidation sites excluding steroid dienone is 14. The number of rotatable bonds is 16. The summed E-state index contributed by atoms with van der Waals surface area (Å²) in [5, 5.41) is 6.53. The predicted molar refractivity (Wildman–Crippen MR) is 516 cm³/mol. The van der Waals surface area contributed by atoms with Crippen molar-refractivity contribution in [2.24, 2.45) is 29.6 Å². The Balaban J connectivity index is 0.562. The van der Waals surface area contributed by atoms with E-state index in [0.717, 1.165) is 47.0 Å². The van der Waals surface area contributed by atoms with Crippen LogP contribution in [0, 0.1) is 29.6 Å². The van der Waals surface area contributed by atoms with Gasteiger partial charge in [0.1, 0.15) is 0 Å². The first-order valence-corrected chi connectivity index (χ1v) is 44.0. The van der Waals surface area contributed by atoms with Crippen molar-refractivity contribution in [2.75, 3.05) is 9.80 Å². The quantitative estimate of drug-likeness (QED) is 0.0951. The van der Waals surface area contributed by atoms with Gasteiger partial charge in [-0.25, -0.2) is 0 Å². The largest absolute Gasteiger partial charge is 0.310 e. The molecule has 4 heteroatoms. The van der Waals surface area contributed by atoms with Gasteiger partial charge in [-0.1, -0.05) is 354 Å². The van der Waals surface area contributed by atoms with Gasteiger partial charge in [-0.15, -0.1) is 22.7 Å². The van der Waals surface area contributed by atoms with Crippen LogP contribution in [-0.2, 0) is 6.42 Å². The van der Waals surface area contributed by atoms with Crippen molar-refractivity contribution >= 4 is 127 Å². The molecule has 120 heavy (non-hydrogen) atoms. The standard InChI is InChI=1S/C116H86N2S2/c1-75-48-50-86(73-110(75)112-76(2)49-67-109-108-47-20-39-100(113(108)120-116(109)112)81-28-11-5-12-29-81)85-32-18-36-94(71-85)118(92-60-53-78(54-61-92)77-24-7-3-8-25-77)93-64-57-83(58-65-93)97-38-19-43-104-103(97)42-23-44-105(104)111-74-89(59-68-98(111)80-26-9-4-10-27-80)102-41-22-46-107-106-45-21-40-101(114(106)119-115(102)107)87-33-17-31-84(70-87)79-55-62-91(63-56-79)117(90-34-13-6-14-35-90)95-66-69-99-88(72-95)52-51-82-30-15-16-37-96(82)99/h3-15,17-36,38-76,103-104,110,112H,16,37H2,1-2H3. The lowest BCUT2D eigenvalue weighted by Gasteiger charge is -2.36. The summed E-state index contributed by atoms with van der Waals surface area (Å²) >= 11 is 3.94. The van der Waals surface area contributed by atoms with Gasteiger partial charge in [-0.2, -0.15) is 0 Å². The smallest absolute Gasteiger partial charge is 0.0468 e. The Bertz CT molecular complexity index is 7110. The van der Waals surface area contributed by atoms with E-state index in [-0.39, 0.29) is 11.8 Å². The second-order valence-electron chi connectivity index (χ2n) is 32.9. The van der Waals surface area contributed by atoms with Crippen LogP contribution in [0.15, 0.2) is 413 Å². The van der Waals surface area contributed by atoms with Crippen molar-refractivity contribution < 1.29 is 0 Å². The van der Waals surface area contributed by atoms with E-state index in [2.05, 4.69) is 448 Å². The van der Waals surface area contributed by atoms with E-state index in [9.17, 15) is 0 Å². The summed E-state index contributed by atoms with van der Waals surface area (Å²) in [5.74, 6) is 1.60. The third-order valence-electron chi connectivity index (χ3n) is 25.9. The summed E-state index contributed by atoms with van der Waals surface area (Å²) in [7, 11) is 0. The van der Waals surface area contributed by atoms with Crippen molar-refractivity contribution in [1.29, 1.82) is 0 Å². The monoisotopic (exact) mass is 1570 g/mol. The van der Waals surface area contributed by atoms with Crippen LogP contribution >= 0.6 is 22.7 Å². The fourth-order valence-corrected chi connectivity index (χ4v) is 22.8. The van der Waals surface area contributed by atoms with Crippen LogP contribution in [0.3, 0.4) is 0 Å². The van der Waals surface area contributed by atoms with Gasteiger partial charge in [0.25, 0.3) is 0 Å². The van der Waals surface area contributed by atoms with Gasteiger partial charge in [0, 0.05) is 87.0 Å². The average molecular weight is 1570 g/mol. The van der Waals surface area contributed by atoms with Crippen molar-refractivity contribution in [3.05, 3.63) is 451 Å². The highest BCUT2D eigenvalue weighted by Crippen LogP contribution is 2.55. The maximum atomic E-state index is 2.61. The summed E-state index contributed by atoms with van der Waals surface area (Å²) in [6, 6.07) is 129. The molecule has 572 valence electrons. The number of thiophene rings is 2. The van der Waals surface area contributed by atoms with Gasteiger partial charge in [0.05, 0.1) is 0 Å². The zero-order valence-corrected chi connectivity index (χ0v) is 68.6. The number of benzene rings is 15. The van der Waals surface area contributed by atoms with Crippen LogP contribution in [0.1, 0.15) is 64.4 Å². The molecule has 2 heterocycles. The van der Waals surface area contributed by atoms with Gasteiger partial charge in [0.15, 0.2) is 0 Å². The molecule has 2 aromatic heterocycles. The molecule has 0 N–H and O–H groups in total. The van der Waals surface area contributed by atoms with E-state index in [1.165, 1.54) is 163 Å². The predicted octanol–water partition coefficient (Wildman–Crippen LogP) is 32.8. The van der Waals surface area contributed by atoms with E-state index in [1.807, 2.05) is 22.7 Å². The van der Waals surface area contributed by atoms with Crippen molar-refractivity contribution in [1.82, 2.24) is 0 Å². The van der Waals surface area contributed by atoms with Crippen LogP contribution in [0.4, 0.5) is 34.1 Å². The average Bonchev–Trinajstić information content (AvgIpc) is 1.55. The highest BCUT2D eigenvalue weighted by molar-refractivity contribution is 7.27.